The van der Waals surface area contributed by atoms with E-state index in [4.69, 9.17) is 4.74 Å². The molecular weight excluding hydrogens is 284 g/mol. The molecular formula is C16H20N2O2S. The Balaban J connectivity index is 2.14. The number of nitrogens with zero attached hydrogens (tertiary/aromatic N) is 2. The fourth-order valence-electron chi connectivity index (χ4n) is 2.01. The Morgan fingerprint density at radius 2 is 2.00 bits per heavy atom. The molecule has 0 saturated heterocycles. The summed E-state index contributed by atoms with van der Waals surface area (Å²) in [5.74, 6) is -0.229. The molecule has 0 atom stereocenters. The van der Waals surface area contributed by atoms with Crippen LogP contribution in [0.3, 0.4) is 0 Å². The van der Waals surface area contributed by atoms with Gasteiger partial charge >= 0.3 is 5.97 Å². The summed E-state index contributed by atoms with van der Waals surface area (Å²) in [4.78, 5) is 18.2. The quantitative estimate of drug-likeness (QED) is 0.763. The zero-order valence-corrected chi connectivity index (χ0v) is 13.4. The lowest BCUT2D eigenvalue weighted by atomic mass is 10.2. The lowest BCUT2D eigenvalue weighted by Gasteiger charge is -2.20. The van der Waals surface area contributed by atoms with Gasteiger partial charge in [-0.05, 0) is 32.9 Å². The second kappa shape index (κ2) is 7.22. The Morgan fingerprint density at radius 1 is 1.29 bits per heavy atom. The molecule has 0 spiro atoms. The summed E-state index contributed by atoms with van der Waals surface area (Å²) in [6.07, 6.45) is 0.232. The van der Waals surface area contributed by atoms with E-state index in [1.54, 1.807) is 18.3 Å². The molecule has 5 heteroatoms. The summed E-state index contributed by atoms with van der Waals surface area (Å²) in [5, 5.41) is 2.82. The summed E-state index contributed by atoms with van der Waals surface area (Å²) in [6.45, 7) is 7.20. The number of aromatic nitrogens is 1. The van der Waals surface area contributed by atoms with Gasteiger partial charge in [0.25, 0.3) is 0 Å². The van der Waals surface area contributed by atoms with Crippen molar-refractivity contribution in [1.29, 1.82) is 0 Å². The average molecular weight is 304 g/mol. The molecule has 0 radical (unpaired) electrons. The highest BCUT2D eigenvalue weighted by Crippen LogP contribution is 2.28. The number of rotatable bonds is 6. The molecule has 1 heterocycles. The summed E-state index contributed by atoms with van der Waals surface area (Å²) in [7, 11) is 0. The molecule has 0 saturated carbocycles. The van der Waals surface area contributed by atoms with Gasteiger partial charge < -0.3 is 9.64 Å². The zero-order chi connectivity index (χ0) is 15.2. The number of thiazole rings is 1. The number of anilines is 2. The lowest BCUT2D eigenvalue weighted by Crippen LogP contribution is -2.16. The van der Waals surface area contributed by atoms with Gasteiger partial charge in [0.15, 0.2) is 5.13 Å². The van der Waals surface area contributed by atoms with E-state index in [2.05, 4.69) is 48.0 Å². The van der Waals surface area contributed by atoms with E-state index in [0.717, 1.165) is 23.1 Å². The van der Waals surface area contributed by atoms with Crippen molar-refractivity contribution in [1.82, 2.24) is 4.98 Å². The fourth-order valence-corrected chi connectivity index (χ4v) is 2.92. The van der Waals surface area contributed by atoms with Crippen molar-refractivity contribution in [3.63, 3.8) is 0 Å². The average Bonchev–Trinajstić information content (AvgIpc) is 2.90. The number of hydrogen-bond donors (Lipinski definition) is 0. The second-order valence-corrected chi connectivity index (χ2v) is 5.52. The van der Waals surface area contributed by atoms with Crippen LogP contribution in [-0.4, -0.2) is 24.1 Å². The van der Waals surface area contributed by atoms with Crippen LogP contribution in [0, 0.1) is 6.92 Å². The molecule has 2 rings (SSSR count). The molecule has 0 aliphatic rings. The number of carbonyl (C=O) groups is 1. The monoisotopic (exact) mass is 304 g/mol. The minimum Gasteiger partial charge on any atom is -0.466 e. The topological polar surface area (TPSA) is 42.4 Å². The van der Waals surface area contributed by atoms with Gasteiger partial charge in [0, 0.05) is 17.6 Å². The molecule has 0 unspecified atom stereocenters. The van der Waals surface area contributed by atoms with E-state index in [9.17, 15) is 4.79 Å². The summed E-state index contributed by atoms with van der Waals surface area (Å²) < 4.78 is 4.95. The molecule has 112 valence electrons. The van der Waals surface area contributed by atoms with Crippen LogP contribution in [0.25, 0.3) is 0 Å². The summed E-state index contributed by atoms with van der Waals surface area (Å²) in [5.41, 5.74) is 3.11. The first-order valence-electron chi connectivity index (χ1n) is 7.08. The van der Waals surface area contributed by atoms with Crippen LogP contribution in [-0.2, 0) is 16.0 Å². The third-order valence-corrected chi connectivity index (χ3v) is 3.98. The van der Waals surface area contributed by atoms with Crippen molar-refractivity contribution in [3.05, 3.63) is 40.9 Å². The standard InChI is InChI=1S/C16H20N2O2S/c1-4-18(14-8-6-12(3)7-9-14)16-17-13(11-21-16)10-15(19)20-5-2/h6-9,11H,4-5,10H2,1-3H3. The van der Waals surface area contributed by atoms with Gasteiger partial charge in [0.05, 0.1) is 18.7 Å². The third-order valence-electron chi connectivity index (χ3n) is 3.06. The van der Waals surface area contributed by atoms with Gasteiger partial charge in [-0.3, -0.25) is 4.79 Å². The lowest BCUT2D eigenvalue weighted by molar-refractivity contribution is -0.142. The smallest absolute Gasteiger partial charge is 0.311 e. The van der Waals surface area contributed by atoms with Crippen LogP contribution in [0.15, 0.2) is 29.6 Å². The molecule has 0 amide bonds. The van der Waals surface area contributed by atoms with E-state index < -0.39 is 0 Å². The minimum atomic E-state index is -0.229. The Hall–Kier alpha value is -1.88. The Kier molecular flexibility index (Phi) is 5.33. The molecule has 0 bridgehead atoms. The molecule has 0 N–H and O–H groups in total. The SMILES string of the molecule is CCOC(=O)Cc1csc(N(CC)c2ccc(C)cc2)n1. The maximum absolute atomic E-state index is 11.5. The van der Waals surface area contributed by atoms with E-state index in [1.165, 1.54) is 5.56 Å². The van der Waals surface area contributed by atoms with Crippen molar-refractivity contribution < 1.29 is 9.53 Å². The van der Waals surface area contributed by atoms with Crippen molar-refractivity contribution >= 4 is 28.1 Å². The van der Waals surface area contributed by atoms with E-state index in [0.29, 0.717) is 6.61 Å². The summed E-state index contributed by atoms with van der Waals surface area (Å²) >= 11 is 1.55. The third kappa shape index (κ3) is 4.04. The maximum atomic E-state index is 11.5. The van der Waals surface area contributed by atoms with Crippen LogP contribution >= 0.6 is 11.3 Å². The van der Waals surface area contributed by atoms with Gasteiger partial charge in [-0.2, -0.15) is 0 Å². The molecule has 4 nitrogen and oxygen atoms in total. The molecule has 2 aromatic rings. The van der Waals surface area contributed by atoms with Crippen LogP contribution in [0.1, 0.15) is 25.1 Å². The number of ether oxygens (including phenoxy) is 1. The maximum Gasteiger partial charge on any atom is 0.311 e. The normalized spacial score (nSPS) is 10.4. The first-order valence-corrected chi connectivity index (χ1v) is 7.96. The van der Waals surface area contributed by atoms with Crippen LogP contribution in [0.5, 0.6) is 0 Å². The highest BCUT2D eigenvalue weighted by molar-refractivity contribution is 7.13. The molecule has 21 heavy (non-hydrogen) atoms. The van der Waals surface area contributed by atoms with Gasteiger partial charge in [-0.1, -0.05) is 17.7 Å². The van der Waals surface area contributed by atoms with Gasteiger partial charge in [-0.25, -0.2) is 4.98 Å². The first kappa shape index (κ1) is 15.5. The highest BCUT2D eigenvalue weighted by Gasteiger charge is 2.13. The van der Waals surface area contributed by atoms with Crippen LogP contribution < -0.4 is 4.90 Å². The number of hydrogen-bond acceptors (Lipinski definition) is 5. The van der Waals surface area contributed by atoms with E-state index in [-0.39, 0.29) is 12.4 Å². The second-order valence-electron chi connectivity index (χ2n) is 4.68. The van der Waals surface area contributed by atoms with Crippen molar-refractivity contribution in [2.24, 2.45) is 0 Å². The molecule has 0 fully saturated rings. The molecule has 1 aromatic heterocycles. The number of benzene rings is 1. The predicted molar refractivity (Wildman–Crippen MR) is 86.3 cm³/mol. The van der Waals surface area contributed by atoms with Crippen molar-refractivity contribution in [2.45, 2.75) is 27.2 Å². The number of carbonyl (C=O) groups excluding carboxylic acids is 1. The van der Waals surface area contributed by atoms with Gasteiger partial charge in [0.2, 0.25) is 0 Å². The predicted octanol–water partition coefficient (Wildman–Crippen LogP) is 3.72. The van der Waals surface area contributed by atoms with Crippen LogP contribution in [0.2, 0.25) is 0 Å². The Bertz CT molecular complexity index is 593. The van der Waals surface area contributed by atoms with Crippen LogP contribution in [0.4, 0.5) is 10.8 Å². The summed E-state index contributed by atoms with van der Waals surface area (Å²) in [6, 6.07) is 8.35. The number of aryl methyl sites for hydroxylation is 1. The minimum absolute atomic E-state index is 0.229. The van der Waals surface area contributed by atoms with Crippen molar-refractivity contribution in [3.8, 4) is 0 Å². The largest absolute Gasteiger partial charge is 0.466 e. The van der Waals surface area contributed by atoms with Gasteiger partial charge in [0.1, 0.15) is 0 Å². The molecule has 0 aliphatic carbocycles. The number of esters is 1. The molecule has 1 aromatic carbocycles. The first-order chi connectivity index (χ1) is 10.1. The Morgan fingerprint density at radius 3 is 2.62 bits per heavy atom. The van der Waals surface area contributed by atoms with Gasteiger partial charge in [-0.15, -0.1) is 11.3 Å². The highest BCUT2D eigenvalue weighted by atomic mass is 32.1. The molecule has 0 aliphatic heterocycles. The fraction of sp³-hybridized carbons (Fsp3) is 0.375. The van der Waals surface area contributed by atoms with E-state index >= 15 is 0 Å². The van der Waals surface area contributed by atoms with Crippen molar-refractivity contribution in [2.75, 3.05) is 18.1 Å². The Labute approximate surface area is 129 Å². The zero-order valence-electron chi connectivity index (χ0n) is 12.6. The van der Waals surface area contributed by atoms with E-state index in [1.807, 2.05) is 5.38 Å².